The van der Waals surface area contributed by atoms with Gasteiger partial charge in [-0.2, -0.15) is 0 Å². The van der Waals surface area contributed by atoms with Gasteiger partial charge in [-0.15, -0.1) is 0 Å². The largest absolute Gasteiger partial charge is 0.459 e. The van der Waals surface area contributed by atoms with E-state index in [2.05, 4.69) is 15.9 Å². The molecule has 1 fully saturated rings. The first kappa shape index (κ1) is 8.05. The lowest BCUT2D eigenvalue weighted by Gasteiger charge is -2.15. The minimum Gasteiger partial charge on any atom is -0.459 e. The van der Waals surface area contributed by atoms with E-state index in [1.165, 1.54) is 0 Å². The van der Waals surface area contributed by atoms with E-state index < -0.39 is 4.32 Å². The number of carbonyl (C=O) groups is 1. The summed E-state index contributed by atoms with van der Waals surface area (Å²) in [5.41, 5.74) is -0.296. The molecule has 0 aliphatic carbocycles. The van der Waals surface area contributed by atoms with Crippen LogP contribution >= 0.6 is 15.9 Å². The summed E-state index contributed by atoms with van der Waals surface area (Å²) in [7, 11) is 0. The number of carbonyl (C=O) groups excluding carboxylic acids is 1. The zero-order valence-electron chi connectivity index (χ0n) is 6.40. The smallest absolute Gasteiger partial charge is 0.323 e. The highest BCUT2D eigenvalue weighted by atomic mass is 79.9. The molecule has 1 heterocycles. The van der Waals surface area contributed by atoms with Crippen molar-refractivity contribution in [3.05, 3.63) is 0 Å². The van der Waals surface area contributed by atoms with Gasteiger partial charge in [0.25, 0.3) is 0 Å². The van der Waals surface area contributed by atoms with Crippen molar-refractivity contribution in [3.8, 4) is 0 Å². The number of halogens is 1. The number of alkyl halides is 1. The zero-order valence-corrected chi connectivity index (χ0v) is 7.99. The third-order valence-electron chi connectivity index (χ3n) is 1.55. The van der Waals surface area contributed by atoms with Gasteiger partial charge in [-0.3, -0.25) is 4.79 Å². The average molecular weight is 207 g/mol. The van der Waals surface area contributed by atoms with Crippen LogP contribution in [0.25, 0.3) is 0 Å². The Morgan fingerprint density at radius 2 is 2.00 bits per heavy atom. The molecule has 1 rings (SSSR count). The Kier molecular flexibility index (Phi) is 1.59. The Hall–Kier alpha value is -0.0500. The van der Waals surface area contributed by atoms with Crippen molar-refractivity contribution in [1.82, 2.24) is 0 Å². The summed E-state index contributed by atoms with van der Waals surface area (Å²) in [5.74, 6) is -0.155. The molecule has 1 saturated heterocycles. The van der Waals surface area contributed by atoms with E-state index in [4.69, 9.17) is 4.74 Å². The van der Waals surface area contributed by atoms with E-state index in [0.717, 1.165) is 6.42 Å². The normalized spacial score (nSPS) is 37.8. The molecule has 2 nitrogen and oxygen atoms in total. The number of hydrogen-bond acceptors (Lipinski definition) is 2. The molecule has 0 spiro atoms. The lowest BCUT2D eigenvalue weighted by atomic mass is 9.99. The van der Waals surface area contributed by atoms with Gasteiger partial charge < -0.3 is 4.74 Å². The fourth-order valence-corrected chi connectivity index (χ4v) is 2.02. The highest BCUT2D eigenvalue weighted by molar-refractivity contribution is 9.10. The second kappa shape index (κ2) is 1.97. The first-order valence-electron chi connectivity index (χ1n) is 3.26. The van der Waals surface area contributed by atoms with Crippen LogP contribution in [0.2, 0.25) is 0 Å². The van der Waals surface area contributed by atoms with Crippen molar-refractivity contribution < 1.29 is 9.53 Å². The zero-order chi connectivity index (χ0) is 7.99. The third-order valence-corrected chi connectivity index (χ3v) is 2.16. The van der Waals surface area contributed by atoms with Gasteiger partial charge in [0.1, 0.15) is 9.93 Å². The van der Waals surface area contributed by atoms with E-state index in [9.17, 15) is 4.79 Å². The summed E-state index contributed by atoms with van der Waals surface area (Å²) < 4.78 is 4.62. The van der Waals surface area contributed by atoms with Crippen LogP contribution in [0.15, 0.2) is 0 Å². The predicted molar refractivity (Wildman–Crippen MR) is 42.1 cm³/mol. The Morgan fingerprint density at radius 1 is 1.50 bits per heavy atom. The standard InChI is InChI=1S/C7H11BrO2/c1-6(2)4-7(3,8)5(9)10-6/h4H2,1-3H3/t7-/m1/s1. The topological polar surface area (TPSA) is 26.3 Å². The highest BCUT2D eigenvalue weighted by Crippen LogP contribution is 2.39. The molecule has 1 aliphatic heterocycles. The minimum absolute atomic E-state index is 0.155. The summed E-state index contributed by atoms with van der Waals surface area (Å²) in [6.45, 7) is 5.67. The summed E-state index contributed by atoms with van der Waals surface area (Å²) in [6, 6.07) is 0. The summed E-state index contributed by atoms with van der Waals surface area (Å²) in [6.07, 6.45) is 0.735. The van der Waals surface area contributed by atoms with Crippen LogP contribution in [0.4, 0.5) is 0 Å². The van der Waals surface area contributed by atoms with Gasteiger partial charge in [-0.1, -0.05) is 15.9 Å². The van der Waals surface area contributed by atoms with E-state index in [-0.39, 0.29) is 11.6 Å². The Balaban J connectivity index is 2.81. The molecule has 0 N–H and O–H groups in total. The number of hydrogen-bond donors (Lipinski definition) is 0. The van der Waals surface area contributed by atoms with Gasteiger partial charge in [-0.05, 0) is 20.8 Å². The van der Waals surface area contributed by atoms with Gasteiger partial charge in [0, 0.05) is 6.42 Å². The molecule has 0 amide bonds. The number of esters is 1. The first-order chi connectivity index (χ1) is 4.33. The van der Waals surface area contributed by atoms with Crippen LogP contribution in [0, 0.1) is 0 Å². The molecule has 1 atom stereocenters. The number of ether oxygens (including phenoxy) is 1. The molecule has 58 valence electrons. The molecular formula is C7H11BrO2. The fourth-order valence-electron chi connectivity index (χ4n) is 1.27. The molecule has 0 aromatic carbocycles. The molecule has 3 heteroatoms. The fraction of sp³-hybridized carbons (Fsp3) is 0.857. The SMILES string of the molecule is CC1(C)C[C@@](C)(Br)C(=O)O1. The maximum absolute atomic E-state index is 11.0. The van der Waals surface area contributed by atoms with Crippen LogP contribution in [0.1, 0.15) is 27.2 Å². The molecule has 1 aliphatic rings. The quantitative estimate of drug-likeness (QED) is 0.447. The lowest BCUT2D eigenvalue weighted by Crippen LogP contribution is -2.21. The second-order valence-electron chi connectivity index (χ2n) is 3.52. The van der Waals surface area contributed by atoms with E-state index >= 15 is 0 Å². The van der Waals surface area contributed by atoms with Crippen molar-refractivity contribution in [2.24, 2.45) is 0 Å². The summed E-state index contributed by atoms with van der Waals surface area (Å²) in [5, 5.41) is 0. The Labute approximate surface area is 69.1 Å². The van der Waals surface area contributed by atoms with Gasteiger partial charge in [0.15, 0.2) is 0 Å². The van der Waals surface area contributed by atoms with Gasteiger partial charge in [-0.25, -0.2) is 0 Å². The minimum atomic E-state index is -0.462. The Morgan fingerprint density at radius 3 is 2.10 bits per heavy atom. The maximum atomic E-state index is 11.0. The molecule has 0 bridgehead atoms. The molecule has 0 aromatic heterocycles. The van der Waals surface area contributed by atoms with Crippen LogP contribution in [-0.2, 0) is 9.53 Å². The lowest BCUT2D eigenvalue weighted by molar-refractivity contribution is -0.147. The molecular weight excluding hydrogens is 196 g/mol. The molecule has 0 saturated carbocycles. The monoisotopic (exact) mass is 206 g/mol. The van der Waals surface area contributed by atoms with Gasteiger partial charge in [0.05, 0.1) is 0 Å². The van der Waals surface area contributed by atoms with Gasteiger partial charge >= 0.3 is 5.97 Å². The van der Waals surface area contributed by atoms with E-state index in [1.54, 1.807) is 0 Å². The van der Waals surface area contributed by atoms with Crippen molar-refractivity contribution in [2.75, 3.05) is 0 Å². The van der Waals surface area contributed by atoms with E-state index in [1.807, 2.05) is 20.8 Å². The third kappa shape index (κ3) is 1.34. The number of rotatable bonds is 0. The molecule has 10 heavy (non-hydrogen) atoms. The maximum Gasteiger partial charge on any atom is 0.323 e. The van der Waals surface area contributed by atoms with E-state index in [0.29, 0.717) is 0 Å². The van der Waals surface area contributed by atoms with Crippen molar-refractivity contribution in [2.45, 2.75) is 37.1 Å². The molecule has 0 unspecified atom stereocenters. The highest BCUT2D eigenvalue weighted by Gasteiger charge is 2.47. The first-order valence-corrected chi connectivity index (χ1v) is 4.05. The molecule has 0 radical (unpaired) electrons. The number of cyclic esters (lactones) is 1. The summed E-state index contributed by atoms with van der Waals surface area (Å²) in [4.78, 5) is 11.0. The molecule has 0 aromatic rings. The van der Waals surface area contributed by atoms with Crippen molar-refractivity contribution in [3.63, 3.8) is 0 Å². The summed E-state index contributed by atoms with van der Waals surface area (Å²) >= 11 is 3.31. The van der Waals surface area contributed by atoms with Crippen LogP contribution < -0.4 is 0 Å². The predicted octanol–water partition coefficient (Wildman–Crippen LogP) is 1.87. The van der Waals surface area contributed by atoms with Crippen molar-refractivity contribution in [1.29, 1.82) is 0 Å². The van der Waals surface area contributed by atoms with Crippen molar-refractivity contribution >= 4 is 21.9 Å². The van der Waals surface area contributed by atoms with Crippen LogP contribution in [-0.4, -0.2) is 15.9 Å². The Bertz CT molecular complexity index is 172. The van der Waals surface area contributed by atoms with Crippen LogP contribution in [0.5, 0.6) is 0 Å². The second-order valence-corrected chi connectivity index (χ2v) is 5.27. The van der Waals surface area contributed by atoms with Gasteiger partial charge in [0.2, 0.25) is 0 Å². The van der Waals surface area contributed by atoms with Crippen LogP contribution in [0.3, 0.4) is 0 Å². The average Bonchev–Trinajstić information content (AvgIpc) is 1.73.